The Morgan fingerprint density at radius 3 is 2.66 bits per heavy atom. The fourth-order valence-electron chi connectivity index (χ4n) is 3.79. The summed E-state index contributed by atoms with van der Waals surface area (Å²) >= 11 is 0. The molecule has 7 nitrogen and oxygen atoms in total. The molecule has 2 aromatic carbocycles. The van der Waals surface area contributed by atoms with E-state index in [-0.39, 0.29) is 11.6 Å². The number of para-hydroxylation sites is 1. The topological polar surface area (TPSA) is 80.9 Å². The first-order valence-corrected chi connectivity index (χ1v) is 9.58. The number of hydrogen-bond donors (Lipinski definition) is 1. The molecule has 0 fully saturated rings. The van der Waals surface area contributed by atoms with Gasteiger partial charge in [0.1, 0.15) is 5.52 Å². The summed E-state index contributed by atoms with van der Waals surface area (Å²) in [6, 6.07) is 19.4. The van der Waals surface area contributed by atoms with E-state index in [1.165, 1.54) is 4.52 Å². The Morgan fingerprint density at radius 1 is 1.07 bits per heavy atom. The van der Waals surface area contributed by atoms with Crippen molar-refractivity contribution in [2.24, 2.45) is 0 Å². The molecule has 1 atom stereocenters. The molecule has 3 heterocycles. The van der Waals surface area contributed by atoms with Gasteiger partial charge in [0.25, 0.3) is 5.56 Å². The summed E-state index contributed by atoms with van der Waals surface area (Å²) in [5, 5.41) is 11.7. The Kier molecular flexibility index (Phi) is 4.01. The van der Waals surface area contributed by atoms with Gasteiger partial charge < -0.3 is 0 Å². The predicted octanol–water partition coefficient (Wildman–Crippen LogP) is 3.55. The van der Waals surface area contributed by atoms with E-state index in [4.69, 9.17) is 4.98 Å². The van der Waals surface area contributed by atoms with Crippen LogP contribution in [0.2, 0.25) is 0 Å². The Balaban J connectivity index is 1.54. The quantitative estimate of drug-likeness (QED) is 0.514. The number of H-pyrrole nitrogens is 1. The summed E-state index contributed by atoms with van der Waals surface area (Å²) in [4.78, 5) is 17.5. The van der Waals surface area contributed by atoms with E-state index in [0.29, 0.717) is 12.1 Å². The molecule has 3 aromatic heterocycles. The molecule has 7 heteroatoms. The zero-order valence-electron chi connectivity index (χ0n) is 16.2. The van der Waals surface area contributed by atoms with E-state index in [9.17, 15) is 4.79 Å². The molecule has 0 saturated heterocycles. The van der Waals surface area contributed by atoms with Gasteiger partial charge in [0.05, 0.1) is 22.9 Å². The molecule has 0 aliphatic carbocycles. The number of fused-ring (bicyclic) bond motifs is 2. The van der Waals surface area contributed by atoms with E-state index in [0.717, 1.165) is 33.5 Å². The van der Waals surface area contributed by atoms with E-state index in [2.05, 4.69) is 22.3 Å². The molecule has 0 aliphatic rings. The number of benzene rings is 2. The van der Waals surface area contributed by atoms with Gasteiger partial charge in [-0.2, -0.15) is 0 Å². The number of rotatable bonds is 4. The summed E-state index contributed by atoms with van der Waals surface area (Å²) in [5.41, 5.74) is 5.99. The normalized spacial score (nSPS) is 12.6. The van der Waals surface area contributed by atoms with Crippen LogP contribution in [0, 0.1) is 6.92 Å². The lowest BCUT2D eigenvalue weighted by molar-refractivity contribution is 0.484. The summed E-state index contributed by atoms with van der Waals surface area (Å²) in [7, 11) is 0. The second-order valence-electron chi connectivity index (χ2n) is 7.30. The molecule has 0 amide bonds. The van der Waals surface area contributed by atoms with Crippen LogP contribution in [0.4, 0.5) is 0 Å². The number of aromatic nitrogens is 6. The molecule has 0 spiro atoms. The molecule has 1 unspecified atom stereocenters. The van der Waals surface area contributed by atoms with Crippen molar-refractivity contribution >= 4 is 16.7 Å². The monoisotopic (exact) mass is 384 g/mol. The average molecular weight is 384 g/mol. The number of nitrogens with one attached hydrogen (secondary N) is 1. The maximum Gasteiger partial charge on any atom is 0.272 e. The number of nitrogens with zero attached hydrogens (tertiary/aromatic N) is 5. The summed E-state index contributed by atoms with van der Waals surface area (Å²) < 4.78 is 3.40. The molecule has 144 valence electrons. The molecule has 0 radical (unpaired) electrons. The van der Waals surface area contributed by atoms with Crippen molar-refractivity contribution in [3.63, 3.8) is 0 Å². The van der Waals surface area contributed by atoms with Crippen molar-refractivity contribution in [1.29, 1.82) is 0 Å². The third kappa shape index (κ3) is 2.91. The smallest absolute Gasteiger partial charge is 0.272 e. The second-order valence-corrected chi connectivity index (χ2v) is 7.30. The van der Waals surface area contributed by atoms with Crippen LogP contribution in [0.3, 0.4) is 0 Å². The zero-order valence-corrected chi connectivity index (χ0v) is 16.2. The van der Waals surface area contributed by atoms with Crippen LogP contribution >= 0.6 is 0 Å². The SMILES string of the molecule is Cc1c(-c2ccccc2)[nH]n2c(=O)cc(CC(C)n3nnc4ccccc43)nc12. The highest BCUT2D eigenvalue weighted by Gasteiger charge is 2.16. The first kappa shape index (κ1) is 17.4. The van der Waals surface area contributed by atoms with Crippen LogP contribution in [0.5, 0.6) is 0 Å². The van der Waals surface area contributed by atoms with E-state index < -0.39 is 0 Å². The van der Waals surface area contributed by atoms with E-state index in [1.807, 2.05) is 66.2 Å². The number of hydrogen-bond acceptors (Lipinski definition) is 4. The zero-order chi connectivity index (χ0) is 20.0. The highest BCUT2D eigenvalue weighted by Crippen LogP contribution is 2.24. The van der Waals surface area contributed by atoms with Crippen molar-refractivity contribution < 1.29 is 0 Å². The van der Waals surface area contributed by atoms with E-state index in [1.54, 1.807) is 6.07 Å². The maximum absolute atomic E-state index is 12.7. The van der Waals surface area contributed by atoms with Gasteiger partial charge in [0.2, 0.25) is 0 Å². The highest BCUT2D eigenvalue weighted by molar-refractivity contribution is 5.74. The number of aromatic amines is 1. The van der Waals surface area contributed by atoms with Crippen LogP contribution in [0.15, 0.2) is 65.5 Å². The molecule has 5 rings (SSSR count). The van der Waals surface area contributed by atoms with Gasteiger partial charge in [-0.1, -0.05) is 47.7 Å². The van der Waals surface area contributed by atoms with Gasteiger partial charge in [-0.05, 0) is 31.5 Å². The lowest BCUT2D eigenvalue weighted by atomic mass is 10.1. The summed E-state index contributed by atoms with van der Waals surface area (Å²) in [6.45, 7) is 4.04. The molecule has 0 aliphatic heterocycles. The van der Waals surface area contributed by atoms with Gasteiger partial charge in [0, 0.05) is 18.1 Å². The van der Waals surface area contributed by atoms with Crippen molar-refractivity contribution in [2.45, 2.75) is 26.3 Å². The Morgan fingerprint density at radius 2 is 1.83 bits per heavy atom. The lowest BCUT2D eigenvalue weighted by Gasteiger charge is -2.12. The van der Waals surface area contributed by atoms with Crippen molar-refractivity contribution in [1.82, 2.24) is 29.6 Å². The Labute approximate surface area is 166 Å². The van der Waals surface area contributed by atoms with Crippen molar-refractivity contribution in [3.8, 4) is 11.3 Å². The van der Waals surface area contributed by atoms with Gasteiger partial charge in [-0.25, -0.2) is 14.2 Å². The molecule has 29 heavy (non-hydrogen) atoms. The van der Waals surface area contributed by atoms with Crippen LogP contribution in [-0.2, 0) is 6.42 Å². The highest BCUT2D eigenvalue weighted by atomic mass is 16.1. The average Bonchev–Trinajstić information content (AvgIpc) is 3.31. The Hall–Kier alpha value is -3.74. The second kappa shape index (κ2) is 6.70. The molecule has 5 aromatic rings. The Bertz CT molecular complexity index is 1380. The van der Waals surface area contributed by atoms with Crippen LogP contribution in [0.25, 0.3) is 27.9 Å². The van der Waals surface area contributed by atoms with Crippen LogP contribution in [-0.4, -0.2) is 29.6 Å². The minimum Gasteiger partial charge on any atom is -0.289 e. The third-order valence-corrected chi connectivity index (χ3v) is 5.27. The first-order valence-electron chi connectivity index (χ1n) is 9.58. The fraction of sp³-hybridized carbons (Fsp3) is 0.182. The van der Waals surface area contributed by atoms with E-state index >= 15 is 0 Å². The summed E-state index contributed by atoms with van der Waals surface area (Å²) in [6.07, 6.45) is 0.588. The maximum atomic E-state index is 12.7. The molecular formula is C22H20N6O. The van der Waals surface area contributed by atoms with Gasteiger partial charge >= 0.3 is 0 Å². The summed E-state index contributed by atoms with van der Waals surface area (Å²) in [5.74, 6) is 0. The van der Waals surface area contributed by atoms with Crippen molar-refractivity contribution in [3.05, 3.63) is 82.3 Å². The number of aryl methyl sites for hydroxylation is 1. The van der Waals surface area contributed by atoms with Crippen LogP contribution < -0.4 is 5.56 Å². The molecule has 1 N–H and O–H groups in total. The predicted molar refractivity (Wildman–Crippen MR) is 112 cm³/mol. The van der Waals surface area contributed by atoms with Gasteiger partial charge in [-0.3, -0.25) is 9.89 Å². The lowest BCUT2D eigenvalue weighted by Crippen LogP contribution is -2.18. The fourth-order valence-corrected chi connectivity index (χ4v) is 3.79. The molecule has 0 saturated carbocycles. The minimum atomic E-state index is -0.120. The largest absolute Gasteiger partial charge is 0.289 e. The van der Waals surface area contributed by atoms with Crippen molar-refractivity contribution in [2.75, 3.05) is 0 Å². The van der Waals surface area contributed by atoms with Gasteiger partial charge in [0.15, 0.2) is 5.65 Å². The first-order chi connectivity index (χ1) is 14.1. The standard InChI is InChI=1S/C22H20N6O/c1-14(27-19-11-7-6-10-18(19)24-26-27)12-17-13-20(29)28-22(23-17)15(2)21(25-28)16-8-4-3-5-9-16/h3-11,13-14,25H,12H2,1-2H3. The molecule has 0 bridgehead atoms. The molecular weight excluding hydrogens is 364 g/mol. The third-order valence-electron chi connectivity index (χ3n) is 5.27. The van der Waals surface area contributed by atoms with Crippen LogP contribution in [0.1, 0.15) is 24.2 Å². The minimum absolute atomic E-state index is 0.0181. The van der Waals surface area contributed by atoms with Gasteiger partial charge in [-0.15, -0.1) is 5.10 Å².